The van der Waals surface area contributed by atoms with Gasteiger partial charge < -0.3 is 26.2 Å². The van der Waals surface area contributed by atoms with Crippen LogP contribution < -0.4 is 16.0 Å². The standard InChI is InChI=1S/C10H19N3O5/c1-3-11-7(15)4-5-12-10(18)13-8(6(2)14)9(16)17/h6,8,14H,3-5H2,1-2H3,(H,11,15)(H,16,17)(H2,12,13,18). The molecule has 0 fully saturated rings. The Bertz CT molecular complexity index is 306. The molecule has 0 aliphatic heterocycles. The molecule has 8 nitrogen and oxygen atoms in total. The van der Waals surface area contributed by atoms with Crippen LogP contribution in [0.1, 0.15) is 20.3 Å². The van der Waals surface area contributed by atoms with E-state index in [4.69, 9.17) is 10.2 Å². The Morgan fingerprint density at radius 2 is 1.83 bits per heavy atom. The molecule has 0 saturated carbocycles. The minimum Gasteiger partial charge on any atom is -0.480 e. The molecule has 0 saturated heterocycles. The van der Waals surface area contributed by atoms with Crippen molar-refractivity contribution in [2.24, 2.45) is 0 Å². The summed E-state index contributed by atoms with van der Waals surface area (Å²) in [6.07, 6.45) is -1.11. The summed E-state index contributed by atoms with van der Waals surface area (Å²) >= 11 is 0. The normalized spacial score (nSPS) is 13.3. The van der Waals surface area contributed by atoms with Crippen LogP contribution in [0.4, 0.5) is 4.79 Å². The number of aliphatic carboxylic acids is 1. The number of aliphatic hydroxyl groups excluding tert-OH is 1. The van der Waals surface area contributed by atoms with Gasteiger partial charge in [-0.3, -0.25) is 4.79 Å². The number of rotatable bonds is 7. The van der Waals surface area contributed by atoms with E-state index in [9.17, 15) is 14.4 Å². The van der Waals surface area contributed by atoms with Crippen molar-refractivity contribution in [1.82, 2.24) is 16.0 Å². The van der Waals surface area contributed by atoms with Crippen LogP contribution in [-0.2, 0) is 9.59 Å². The fourth-order valence-corrected chi connectivity index (χ4v) is 1.16. The van der Waals surface area contributed by atoms with E-state index < -0.39 is 24.1 Å². The van der Waals surface area contributed by atoms with E-state index in [1.165, 1.54) is 6.92 Å². The van der Waals surface area contributed by atoms with Gasteiger partial charge >= 0.3 is 12.0 Å². The Morgan fingerprint density at radius 3 is 2.28 bits per heavy atom. The lowest BCUT2D eigenvalue weighted by Crippen LogP contribution is -2.51. The van der Waals surface area contributed by atoms with Crippen molar-refractivity contribution < 1.29 is 24.6 Å². The van der Waals surface area contributed by atoms with Gasteiger partial charge in [0.15, 0.2) is 6.04 Å². The molecule has 18 heavy (non-hydrogen) atoms. The van der Waals surface area contributed by atoms with Crippen LogP contribution in [0.25, 0.3) is 0 Å². The van der Waals surface area contributed by atoms with Crippen molar-refractivity contribution in [1.29, 1.82) is 0 Å². The van der Waals surface area contributed by atoms with Gasteiger partial charge in [-0.15, -0.1) is 0 Å². The van der Waals surface area contributed by atoms with Gasteiger partial charge in [0.2, 0.25) is 5.91 Å². The van der Waals surface area contributed by atoms with Crippen molar-refractivity contribution in [2.45, 2.75) is 32.4 Å². The molecule has 0 heterocycles. The second-order valence-corrected chi connectivity index (χ2v) is 3.66. The fourth-order valence-electron chi connectivity index (χ4n) is 1.16. The molecule has 5 N–H and O–H groups in total. The van der Waals surface area contributed by atoms with Gasteiger partial charge in [0.05, 0.1) is 6.10 Å². The summed E-state index contributed by atoms with van der Waals surface area (Å²) in [6, 6.07) is -2.12. The lowest BCUT2D eigenvalue weighted by Gasteiger charge is -2.17. The van der Waals surface area contributed by atoms with E-state index in [1.54, 1.807) is 6.92 Å². The topological polar surface area (TPSA) is 128 Å². The molecule has 0 aliphatic carbocycles. The lowest BCUT2D eigenvalue weighted by molar-refractivity contribution is -0.141. The monoisotopic (exact) mass is 261 g/mol. The molecule has 2 atom stereocenters. The van der Waals surface area contributed by atoms with E-state index in [1.807, 2.05) is 0 Å². The Labute approximate surface area is 105 Å². The number of amides is 3. The first kappa shape index (κ1) is 16.2. The SMILES string of the molecule is CCNC(=O)CCNC(=O)NC(C(=O)O)C(C)O. The largest absolute Gasteiger partial charge is 0.480 e. The van der Waals surface area contributed by atoms with Crippen LogP contribution in [0, 0.1) is 0 Å². The summed E-state index contributed by atoms with van der Waals surface area (Å²) in [5, 5.41) is 24.8. The molecule has 3 amide bonds. The number of urea groups is 1. The van der Waals surface area contributed by atoms with Crippen molar-refractivity contribution in [3.8, 4) is 0 Å². The molecule has 0 rings (SSSR count). The van der Waals surface area contributed by atoms with Crippen molar-refractivity contribution >= 4 is 17.9 Å². The molecule has 0 aromatic heterocycles. The van der Waals surface area contributed by atoms with Crippen molar-refractivity contribution in [3.05, 3.63) is 0 Å². The second kappa shape index (κ2) is 8.29. The third-order valence-electron chi connectivity index (χ3n) is 2.05. The number of nitrogens with one attached hydrogen (secondary N) is 3. The number of carbonyl (C=O) groups excluding carboxylic acids is 2. The minimum absolute atomic E-state index is 0.0871. The highest BCUT2D eigenvalue weighted by atomic mass is 16.4. The zero-order valence-corrected chi connectivity index (χ0v) is 10.4. The van der Waals surface area contributed by atoms with Gasteiger partial charge in [0, 0.05) is 19.5 Å². The van der Waals surface area contributed by atoms with Crippen LogP contribution in [0.3, 0.4) is 0 Å². The maximum Gasteiger partial charge on any atom is 0.328 e. The number of carboxylic acid groups (broad SMARTS) is 1. The summed E-state index contributed by atoms with van der Waals surface area (Å²) in [5.41, 5.74) is 0. The molecular formula is C10H19N3O5. The Kier molecular flexibility index (Phi) is 7.45. The first-order chi connectivity index (χ1) is 8.38. The summed E-state index contributed by atoms with van der Waals surface area (Å²) in [5.74, 6) is -1.54. The van der Waals surface area contributed by atoms with Crippen molar-refractivity contribution in [3.63, 3.8) is 0 Å². The third-order valence-corrected chi connectivity index (χ3v) is 2.05. The van der Waals surface area contributed by atoms with Gasteiger partial charge in [-0.25, -0.2) is 9.59 Å². The maximum absolute atomic E-state index is 11.3. The van der Waals surface area contributed by atoms with Crippen LogP contribution in [-0.4, -0.2) is 53.4 Å². The number of hydrogen-bond acceptors (Lipinski definition) is 4. The molecular weight excluding hydrogens is 242 g/mol. The summed E-state index contributed by atoms with van der Waals surface area (Å²) < 4.78 is 0. The zero-order chi connectivity index (χ0) is 14.1. The molecule has 0 bridgehead atoms. The highest BCUT2D eigenvalue weighted by molar-refractivity contribution is 5.83. The van der Waals surface area contributed by atoms with E-state index in [2.05, 4.69) is 16.0 Å². The van der Waals surface area contributed by atoms with Crippen LogP contribution in [0.15, 0.2) is 0 Å². The van der Waals surface area contributed by atoms with Crippen molar-refractivity contribution in [2.75, 3.05) is 13.1 Å². The van der Waals surface area contributed by atoms with Gasteiger partial charge in [-0.2, -0.15) is 0 Å². The van der Waals surface area contributed by atoms with Crippen LogP contribution in [0.2, 0.25) is 0 Å². The van der Waals surface area contributed by atoms with Gasteiger partial charge in [0.25, 0.3) is 0 Å². The lowest BCUT2D eigenvalue weighted by atomic mass is 10.2. The molecule has 0 aliphatic rings. The second-order valence-electron chi connectivity index (χ2n) is 3.66. The number of aliphatic hydroxyl groups is 1. The maximum atomic E-state index is 11.3. The molecule has 0 spiro atoms. The van der Waals surface area contributed by atoms with Gasteiger partial charge in [-0.1, -0.05) is 0 Å². The average molecular weight is 261 g/mol. The summed E-state index contributed by atoms with van der Waals surface area (Å²) in [7, 11) is 0. The first-order valence-electron chi connectivity index (χ1n) is 5.60. The number of hydrogen-bond donors (Lipinski definition) is 5. The number of carboxylic acids is 1. The van der Waals surface area contributed by atoms with E-state index in [-0.39, 0.29) is 18.9 Å². The first-order valence-corrected chi connectivity index (χ1v) is 5.60. The van der Waals surface area contributed by atoms with Gasteiger partial charge in [-0.05, 0) is 13.8 Å². The Hall–Kier alpha value is -1.83. The third kappa shape index (κ3) is 6.69. The highest BCUT2D eigenvalue weighted by Crippen LogP contribution is 1.92. The highest BCUT2D eigenvalue weighted by Gasteiger charge is 2.24. The smallest absolute Gasteiger partial charge is 0.328 e. The Morgan fingerprint density at radius 1 is 1.22 bits per heavy atom. The molecule has 104 valence electrons. The quantitative estimate of drug-likeness (QED) is 0.387. The van der Waals surface area contributed by atoms with E-state index in [0.29, 0.717) is 6.54 Å². The molecule has 8 heteroatoms. The van der Waals surface area contributed by atoms with E-state index in [0.717, 1.165) is 0 Å². The molecule has 2 unspecified atom stereocenters. The predicted octanol–water partition coefficient (Wildman–Crippen LogP) is -1.35. The average Bonchev–Trinajstić information content (AvgIpc) is 2.25. The molecule has 0 aromatic carbocycles. The summed E-state index contributed by atoms with van der Waals surface area (Å²) in [6.45, 7) is 3.63. The minimum atomic E-state index is -1.38. The fraction of sp³-hybridized carbons (Fsp3) is 0.700. The molecule has 0 radical (unpaired) electrons. The number of carbonyl (C=O) groups is 3. The van der Waals surface area contributed by atoms with Crippen LogP contribution >= 0.6 is 0 Å². The van der Waals surface area contributed by atoms with Crippen LogP contribution in [0.5, 0.6) is 0 Å². The summed E-state index contributed by atoms with van der Waals surface area (Å²) in [4.78, 5) is 33.0. The van der Waals surface area contributed by atoms with E-state index >= 15 is 0 Å². The van der Waals surface area contributed by atoms with Gasteiger partial charge in [0.1, 0.15) is 0 Å². The zero-order valence-electron chi connectivity index (χ0n) is 10.4. The molecule has 0 aromatic rings. The Balaban J connectivity index is 3.96. The predicted molar refractivity (Wildman–Crippen MR) is 62.9 cm³/mol.